The lowest BCUT2D eigenvalue weighted by molar-refractivity contribution is 0.156. The first-order valence-electron chi connectivity index (χ1n) is 7.41. The molecule has 0 bridgehead atoms. The van der Waals surface area contributed by atoms with Gasteiger partial charge in [-0.2, -0.15) is 0 Å². The number of fused-ring (bicyclic) bond motifs is 1. The molecule has 1 saturated heterocycles. The zero-order chi connectivity index (χ0) is 12.4. The molecule has 1 aromatic carbocycles. The van der Waals surface area contributed by atoms with Crippen molar-refractivity contribution < 1.29 is 0 Å². The van der Waals surface area contributed by atoms with Gasteiger partial charge in [0.2, 0.25) is 0 Å². The molecular formula is C16H24N2. The summed E-state index contributed by atoms with van der Waals surface area (Å²) < 4.78 is 0. The maximum absolute atomic E-state index is 3.53. The average molecular weight is 244 g/mol. The van der Waals surface area contributed by atoms with E-state index in [1.165, 1.54) is 50.0 Å². The zero-order valence-electron chi connectivity index (χ0n) is 11.4. The SMILES string of the molecule is CC1CCCCN1CCC1CNc2ccccc21. The fourth-order valence-corrected chi connectivity index (χ4v) is 3.43. The van der Waals surface area contributed by atoms with Crippen LogP contribution in [-0.2, 0) is 0 Å². The van der Waals surface area contributed by atoms with E-state index in [9.17, 15) is 0 Å². The maximum atomic E-state index is 3.53. The van der Waals surface area contributed by atoms with Gasteiger partial charge in [-0.05, 0) is 50.9 Å². The molecule has 2 aliphatic heterocycles. The van der Waals surface area contributed by atoms with E-state index in [1.807, 2.05) is 0 Å². The summed E-state index contributed by atoms with van der Waals surface area (Å²) in [6.45, 7) is 6.09. The predicted molar refractivity (Wildman–Crippen MR) is 77.2 cm³/mol. The van der Waals surface area contributed by atoms with Crippen LogP contribution in [0.1, 0.15) is 44.1 Å². The molecule has 98 valence electrons. The Kier molecular flexibility index (Phi) is 3.55. The van der Waals surface area contributed by atoms with Gasteiger partial charge >= 0.3 is 0 Å². The second kappa shape index (κ2) is 5.31. The van der Waals surface area contributed by atoms with E-state index in [2.05, 4.69) is 41.4 Å². The third-order valence-electron chi connectivity index (χ3n) is 4.64. The fraction of sp³-hybridized carbons (Fsp3) is 0.625. The van der Waals surface area contributed by atoms with Crippen molar-refractivity contribution in [1.82, 2.24) is 4.90 Å². The first-order valence-corrected chi connectivity index (χ1v) is 7.41. The van der Waals surface area contributed by atoms with Crippen molar-refractivity contribution in [3.05, 3.63) is 29.8 Å². The molecular weight excluding hydrogens is 220 g/mol. The van der Waals surface area contributed by atoms with Gasteiger partial charge in [-0.25, -0.2) is 0 Å². The van der Waals surface area contributed by atoms with Gasteiger partial charge in [0.1, 0.15) is 0 Å². The van der Waals surface area contributed by atoms with Crippen LogP contribution in [-0.4, -0.2) is 30.6 Å². The molecule has 3 rings (SSSR count). The molecule has 2 heterocycles. The highest BCUT2D eigenvalue weighted by molar-refractivity contribution is 5.57. The minimum absolute atomic E-state index is 0.718. The van der Waals surface area contributed by atoms with Gasteiger partial charge < -0.3 is 10.2 Å². The van der Waals surface area contributed by atoms with Gasteiger partial charge in [0.15, 0.2) is 0 Å². The van der Waals surface area contributed by atoms with Gasteiger partial charge in [-0.1, -0.05) is 24.6 Å². The summed E-state index contributed by atoms with van der Waals surface area (Å²) in [5, 5.41) is 3.53. The second-order valence-corrected chi connectivity index (χ2v) is 5.83. The number of anilines is 1. The number of piperidine rings is 1. The second-order valence-electron chi connectivity index (χ2n) is 5.83. The number of nitrogens with zero attached hydrogens (tertiary/aromatic N) is 1. The van der Waals surface area contributed by atoms with Crippen LogP contribution in [0.3, 0.4) is 0 Å². The first kappa shape index (κ1) is 12.0. The third kappa shape index (κ3) is 2.39. The summed E-state index contributed by atoms with van der Waals surface area (Å²) in [5.41, 5.74) is 2.89. The molecule has 2 atom stereocenters. The van der Waals surface area contributed by atoms with Crippen molar-refractivity contribution in [3.63, 3.8) is 0 Å². The van der Waals surface area contributed by atoms with E-state index < -0.39 is 0 Å². The van der Waals surface area contributed by atoms with E-state index in [4.69, 9.17) is 0 Å². The minimum atomic E-state index is 0.718. The van der Waals surface area contributed by atoms with Crippen LogP contribution < -0.4 is 5.32 Å². The number of benzene rings is 1. The Morgan fingerprint density at radius 1 is 1.28 bits per heavy atom. The highest BCUT2D eigenvalue weighted by atomic mass is 15.2. The van der Waals surface area contributed by atoms with Crippen LogP contribution in [0.25, 0.3) is 0 Å². The van der Waals surface area contributed by atoms with Crippen molar-refractivity contribution in [2.45, 2.75) is 44.6 Å². The molecule has 0 spiro atoms. The van der Waals surface area contributed by atoms with Gasteiger partial charge in [0, 0.05) is 24.2 Å². The van der Waals surface area contributed by atoms with E-state index in [0.717, 1.165) is 18.5 Å². The molecule has 2 aliphatic rings. The fourth-order valence-electron chi connectivity index (χ4n) is 3.43. The normalized spacial score (nSPS) is 27.8. The van der Waals surface area contributed by atoms with E-state index in [0.29, 0.717) is 0 Å². The molecule has 0 aliphatic carbocycles. The predicted octanol–water partition coefficient (Wildman–Crippen LogP) is 3.46. The van der Waals surface area contributed by atoms with E-state index in [1.54, 1.807) is 0 Å². The summed E-state index contributed by atoms with van der Waals surface area (Å²) in [4.78, 5) is 2.68. The standard InChI is InChI=1S/C16H24N2/c1-13-6-4-5-10-18(13)11-9-14-12-17-16-8-3-2-7-15(14)16/h2-3,7-8,13-14,17H,4-6,9-12H2,1H3. The molecule has 1 aromatic rings. The number of likely N-dealkylation sites (tertiary alicyclic amines) is 1. The molecule has 0 aromatic heterocycles. The first-order chi connectivity index (χ1) is 8.84. The lowest BCUT2D eigenvalue weighted by atomic mass is 9.96. The largest absolute Gasteiger partial charge is 0.384 e. The van der Waals surface area contributed by atoms with Crippen molar-refractivity contribution in [3.8, 4) is 0 Å². The Balaban J connectivity index is 1.58. The number of hydrogen-bond donors (Lipinski definition) is 1. The maximum Gasteiger partial charge on any atom is 0.0376 e. The quantitative estimate of drug-likeness (QED) is 0.876. The molecule has 0 saturated carbocycles. The average Bonchev–Trinajstić information content (AvgIpc) is 2.81. The lowest BCUT2D eigenvalue weighted by Gasteiger charge is -2.34. The smallest absolute Gasteiger partial charge is 0.0376 e. The highest BCUT2D eigenvalue weighted by Gasteiger charge is 2.24. The summed E-state index contributed by atoms with van der Waals surface area (Å²) >= 11 is 0. The molecule has 2 nitrogen and oxygen atoms in total. The third-order valence-corrected chi connectivity index (χ3v) is 4.64. The monoisotopic (exact) mass is 244 g/mol. The van der Waals surface area contributed by atoms with Gasteiger partial charge in [0.05, 0.1) is 0 Å². The Labute approximate surface area is 110 Å². The van der Waals surface area contributed by atoms with Crippen LogP contribution in [0.4, 0.5) is 5.69 Å². The number of hydrogen-bond acceptors (Lipinski definition) is 2. The van der Waals surface area contributed by atoms with Crippen molar-refractivity contribution in [2.24, 2.45) is 0 Å². The Morgan fingerprint density at radius 3 is 3.06 bits per heavy atom. The van der Waals surface area contributed by atoms with Crippen molar-refractivity contribution in [1.29, 1.82) is 0 Å². The van der Waals surface area contributed by atoms with Crippen LogP contribution in [0, 0.1) is 0 Å². The number of rotatable bonds is 3. The van der Waals surface area contributed by atoms with E-state index >= 15 is 0 Å². The number of para-hydroxylation sites is 1. The number of nitrogens with one attached hydrogen (secondary N) is 1. The molecule has 2 heteroatoms. The minimum Gasteiger partial charge on any atom is -0.384 e. The zero-order valence-corrected chi connectivity index (χ0v) is 11.4. The molecule has 0 radical (unpaired) electrons. The van der Waals surface area contributed by atoms with Crippen molar-refractivity contribution in [2.75, 3.05) is 25.0 Å². The van der Waals surface area contributed by atoms with E-state index in [-0.39, 0.29) is 0 Å². The Bertz CT molecular complexity index is 402. The summed E-state index contributed by atoms with van der Waals surface area (Å²) in [6, 6.07) is 9.59. The highest BCUT2D eigenvalue weighted by Crippen LogP contribution is 2.33. The lowest BCUT2D eigenvalue weighted by Crippen LogP contribution is -2.38. The van der Waals surface area contributed by atoms with Crippen molar-refractivity contribution >= 4 is 5.69 Å². The molecule has 1 N–H and O–H groups in total. The van der Waals surface area contributed by atoms with Crippen LogP contribution >= 0.6 is 0 Å². The van der Waals surface area contributed by atoms with Crippen LogP contribution in [0.2, 0.25) is 0 Å². The molecule has 1 fully saturated rings. The van der Waals surface area contributed by atoms with Crippen LogP contribution in [0.15, 0.2) is 24.3 Å². The summed E-state index contributed by atoms with van der Waals surface area (Å²) in [6.07, 6.45) is 5.50. The Morgan fingerprint density at radius 2 is 2.17 bits per heavy atom. The molecule has 18 heavy (non-hydrogen) atoms. The summed E-state index contributed by atoms with van der Waals surface area (Å²) in [7, 11) is 0. The summed E-state index contributed by atoms with van der Waals surface area (Å²) in [5.74, 6) is 0.718. The van der Waals surface area contributed by atoms with Gasteiger partial charge in [-0.3, -0.25) is 0 Å². The van der Waals surface area contributed by atoms with Gasteiger partial charge in [0.25, 0.3) is 0 Å². The van der Waals surface area contributed by atoms with Crippen LogP contribution in [0.5, 0.6) is 0 Å². The topological polar surface area (TPSA) is 15.3 Å². The molecule has 2 unspecified atom stereocenters. The van der Waals surface area contributed by atoms with Gasteiger partial charge in [-0.15, -0.1) is 0 Å². The molecule has 0 amide bonds. The Hall–Kier alpha value is -1.02.